The number of amides is 2. The molecule has 0 aliphatic carbocycles. The van der Waals surface area contributed by atoms with Crippen LogP contribution in [0.1, 0.15) is 35.1 Å². The Balaban J connectivity index is 1.58. The Hall–Kier alpha value is -3.12. The fourth-order valence-electron chi connectivity index (χ4n) is 4.73. The van der Waals surface area contributed by atoms with Gasteiger partial charge in [0.25, 0.3) is 11.8 Å². The van der Waals surface area contributed by atoms with Crippen molar-refractivity contribution in [3.8, 4) is 5.75 Å². The van der Waals surface area contributed by atoms with E-state index in [9.17, 15) is 14.7 Å². The van der Waals surface area contributed by atoms with Crippen LogP contribution in [0.5, 0.6) is 5.75 Å². The molecular weight excluding hydrogens is 416 g/mol. The summed E-state index contributed by atoms with van der Waals surface area (Å²) in [7, 11) is 0. The molecule has 0 aromatic heterocycles. The van der Waals surface area contributed by atoms with E-state index in [4.69, 9.17) is 4.74 Å². The molecule has 2 heterocycles. The fourth-order valence-corrected chi connectivity index (χ4v) is 4.73. The number of piperidine rings is 1. The summed E-state index contributed by atoms with van der Waals surface area (Å²) in [6.45, 7) is 7.79. The lowest BCUT2D eigenvalue weighted by Gasteiger charge is -2.34. The van der Waals surface area contributed by atoms with Gasteiger partial charge in [0.2, 0.25) is 0 Å². The number of ether oxygens (including phenoxy) is 1. The van der Waals surface area contributed by atoms with Gasteiger partial charge in [-0.05, 0) is 68.4 Å². The topological polar surface area (TPSA) is 70.1 Å². The van der Waals surface area contributed by atoms with E-state index >= 15 is 0 Å². The van der Waals surface area contributed by atoms with Crippen LogP contribution in [0.4, 0.5) is 0 Å². The normalized spacial score (nSPS) is 19.0. The molecule has 1 N–H and O–H groups in total. The molecule has 33 heavy (non-hydrogen) atoms. The molecule has 2 aliphatic rings. The number of aliphatic hydroxyl groups excluding tert-OH is 1. The monoisotopic (exact) mass is 448 g/mol. The molecule has 0 bridgehead atoms. The molecule has 174 valence electrons. The second kappa shape index (κ2) is 9.79. The highest BCUT2D eigenvalue weighted by molar-refractivity contribution is 6.35. The largest absolute Gasteiger partial charge is 0.492 e. The molecule has 1 unspecified atom stereocenters. The molecule has 2 aromatic rings. The summed E-state index contributed by atoms with van der Waals surface area (Å²) in [5.74, 6) is 0.280. The third-order valence-electron chi connectivity index (χ3n) is 6.36. The van der Waals surface area contributed by atoms with Gasteiger partial charge in [0.1, 0.15) is 18.1 Å². The number of nitrogens with zero attached hydrogens (tertiary/aromatic N) is 2. The van der Waals surface area contributed by atoms with Crippen LogP contribution in [0.15, 0.2) is 48.2 Å². The minimum Gasteiger partial charge on any atom is -0.492 e. The van der Waals surface area contributed by atoms with Crippen LogP contribution in [0.2, 0.25) is 0 Å². The van der Waals surface area contributed by atoms with Gasteiger partial charge in [0.15, 0.2) is 0 Å². The number of benzene rings is 2. The second-order valence-electron chi connectivity index (χ2n) is 9.16. The van der Waals surface area contributed by atoms with Gasteiger partial charge < -0.3 is 14.7 Å². The first kappa shape index (κ1) is 23.1. The van der Waals surface area contributed by atoms with Gasteiger partial charge in [-0.2, -0.15) is 0 Å². The maximum atomic E-state index is 13.5. The van der Waals surface area contributed by atoms with Gasteiger partial charge >= 0.3 is 0 Å². The Kier molecular flexibility index (Phi) is 6.84. The van der Waals surface area contributed by atoms with Crippen LogP contribution in [0.25, 0.3) is 5.57 Å². The average Bonchev–Trinajstić information content (AvgIpc) is 3.04. The molecule has 2 aliphatic heterocycles. The number of hydrogen-bond donors (Lipinski definition) is 1. The van der Waals surface area contributed by atoms with Crippen molar-refractivity contribution in [2.24, 2.45) is 5.92 Å². The van der Waals surface area contributed by atoms with Crippen LogP contribution in [-0.4, -0.2) is 59.6 Å². The van der Waals surface area contributed by atoms with E-state index < -0.39 is 0 Å². The molecule has 4 rings (SSSR count). The van der Waals surface area contributed by atoms with E-state index in [1.807, 2.05) is 62.1 Å². The van der Waals surface area contributed by atoms with E-state index in [2.05, 4.69) is 6.07 Å². The van der Waals surface area contributed by atoms with Crippen LogP contribution < -0.4 is 4.74 Å². The summed E-state index contributed by atoms with van der Waals surface area (Å²) < 4.78 is 5.89. The quantitative estimate of drug-likeness (QED) is 0.657. The first-order chi connectivity index (χ1) is 15.9. The Morgan fingerprint density at radius 1 is 0.970 bits per heavy atom. The lowest BCUT2D eigenvalue weighted by atomic mass is 9.96. The number of rotatable bonds is 7. The van der Waals surface area contributed by atoms with Crippen molar-refractivity contribution >= 4 is 17.4 Å². The zero-order valence-electron chi connectivity index (χ0n) is 19.6. The van der Waals surface area contributed by atoms with Gasteiger partial charge in [-0.25, -0.2) is 0 Å². The predicted molar refractivity (Wildman–Crippen MR) is 128 cm³/mol. The van der Waals surface area contributed by atoms with Crippen molar-refractivity contribution in [2.45, 2.75) is 33.6 Å². The first-order valence-corrected chi connectivity index (χ1v) is 11.6. The molecule has 6 nitrogen and oxygen atoms in total. The van der Waals surface area contributed by atoms with Crippen molar-refractivity contribution in [1.29, 1.82) is 0 Å². The minimum atomic E-state index is -0.283. The van der Waals surface area contributed by atoms with Crippen LogP contribution >= 0.6 is 0 Å². The molecule has 0 radical (unpaired) electrons. The molecule has 2 amide bonds. The van der Waals surface area contributed by atoms with Gasteiger partial charge in [-0.1, -0.05) is 35.9 Å². The summed E-state index contributed by atoms with van der Waals surface area (Å²) >= 11 is 0. The van der Waals surface area contributed by atoms with Crippen molar-refractivity contribution in [1.82, 2.24) is 9.80 Å². The standard InChI is InChI=1S/C27H32N2O4/c1-18-6-8-22(9-7-18)24-25(28-10-4-5-21(16-28)17-30)27(32)29(26(24)31)11-12-33-23-14-19(2)13-20(3)15-23/h6-9,13-15,21,30H,4-5,10-12,16-17H2,1-3H3. The van der Waals surface area contributed by atoms with E-state index in [0.717, 1.165) is 40.8 Å². The highest BCUT2D eigenvalue weighted by Crippen LogP contribution is 2.34. The van der Waals surface area contributed by atoms with Gasteiger partial charge in [-0.3, -0.25) is 14.5 Å². The molecule has 1 fully saturated rings. The first-order valence-electron chi connectivity index (χ1n) is 11.6. The van der Waals surface area contributed by atoms with Crippen molar-refractivity contribution in [2.75, 3.05) is 32.8 Å². The maximum Gasteiger partial charge on any atom is 0.277 e. The highest BCUT2D eigenvalue weighted by Gasteiger charge is 2.42. The summed E-state index contributed by atoms with van der Waals surface area (Å²) in [6, 6.07) is 13.7. The number of carbonyl (C=O) groups excluding carboxylic acids is 2. The third-order valence-corrected chi connectivity index (χ3v) is 6.36. The lowest BCUT2D eigenvalue weighted by molar-refractivity contribution is -0.138. The Morgan fingerprint density at radius 2 is 1.67 bits per heavy atom. The van der Waals surface area contributed by atoms with Crippen LogP contribution in [-0.2, 0) is 9.59 Å². The summed E-state index contributed by atoms with van der Waals surface area (Å²) in [5.41, 5.74) is 4.95. The molecule has 6 heteroatoms. The number of aryl methyl sites for hydroxylation is 3. The molecule has 0 saturated carbocycles. The number of hydrogen-bond acceptors (Lipinski definition) is 5. The fraction of sp³-hybridized carbons (Fsp3) is 0.407. The SMILES string of the molecule is Cc1ccc(C2=C(N3CCCC(CO)C3)C(=O)N(CCOc3cc(C)cc(C)c3)C2=O)cc1. The van der Waals surface area contributed by atoms with E-state index in [0.29, 0.717) is 24.4 Å². The Bertz CT molecular complexity index is 1050. The van der Waals surface area contributed by atoms with Crippen molar-refractivity contribution < 1.29 is 19.4 Å². The summed E-state index contributed by atoms with van der Waals surface area (Å²) in [6.07, 6.45) is 1.81. The highest BCUT2D eigenvalue weighted by atomic mass is 16.5. The van der Waals surface area contributed by atoms with Crippen LogP contribution in [0, 0.1) is 26.7 Å². The van der Waals surface area contributed by atoms with E-state index in [-0.39, 0.29) is 37.5 Å². The minimum absolute atomic E-state index is 0.0826. The predicted octanol–water partition coefficient (Wildman–Crippen LogP) is 3.48. The summed E-state index contributed by atoms with van der Waals surface area (Å²) in [4.78, 5) is 30.3. The number of likely N-dealkylation sites (tertiary alicyclic amines) is 1. The average molecular weight is 449 g/mol. The number of aliphatic hydroxyl groups is 1. The zero-order chi connectivity index (χ0) is 23.5. The Labute approximate surface area is 195 Å². The second-order valence-corrected chi connectivity index (χ2v) is 9.16. The molecule has 1 saturated heterocycles. The Morgan fingerprint density at radius 3 is 2.33 bits per heavy atom. The van der Waals surface area contributed by atoms with Gasteiger partial charge in [0, 0.05) is 19.7 Å². The molecular formula is C27H32N2O4. The number of carbonyl (C=O) groups is 2. The number of imide groups is 1. The zero-order valence-corrected chi connectivity index (χ0v) is 19.6. The van der Waals surface area contributed by atoms with E-state index in [1.54, 1.807) is 0 Å². The van der Waals surface area contributed by atoms with Gasteiger partial charge in [0.05, 0.1) is 12.1 Å². The van der Waals surface area contributed by atoms with Gasteiger partial charge in [-0.15, -0.1) is 0 Å². The summed E-state index contributed by atoms with van der Waals surface area (Å²) in [5, 5.41) is 9.68. The smallest absolute Gasteiger partial charge is 0.277 e. The maximum absolute atomic E-state index is 13.5. The third kappa shape index (κ3) is 4.96. The molecule has 0 spiro atoms. The van der Waals surface area contributed by atoms with Crippen molar-refractivity contribution in [3.63, 3.8) is 0 Å². The van der Waals surface area contributed by atoms with Crippen molar-refractivity contribution in [3.05, 3.63) is 70.4 Å². The molecule has 1 atom stereocenters. The molecule has 2 aromatic carbocycles. The van der Waals surface area contributed by atoms with E-state index in [1.165, 1.54) is 4.90 Å². The lowest BCUT2D eigenvalue weighted by Crippen LogP contribution is -2.41. The van der Waals surface area contributed by atoms with Crippen LogP contribution in [0.3, 0.4) is 0 Å².